The molecule has 174 valence electrons. The van der Waals surface area contributed by atoms with Gasteiger partial charge in [-0.2, -0.15) is 5.10 Å². The Bertz CT molecular complexity index is 869. The highest BCUT2D eigenvalue weighted by Gasteiger charge is 2.27. The van der Waals surface area contributed by atoms with Crippen molar-refractivity contribution in [1.82, 2.24) is 24.9 Å². The van der Waals surface area contributed by atoms with Crippen molar-refractivity contribution in [3.8, 4) is 5.75 Å². The molecule has 2 saturated heterocycles. The Kier molecular flexibility index (Phi) is 7.68. The fraction of sp³-hybridized carbons (Fsp3) is 0.600. The maximum atomic E-state index is 5.26. The zero-order valence-electron chi connectivity index (χ0n) is 19.8. The highest BCUT2D eigenvalue weighted by molar-refractivity contribution is 5.80. The van der Waals surface area contributed by atoms with E-state index < -0.39 is 0 Å². The molecule has 1 unspecified atom stereocenters. The summed E-state index contributed by atoms with van der Waals surface area (Å²) >= 11 is 0. The maximum Gasteiger partial charge on any atom is 0.193 e. The number of likely N-dealkylation sites (tertiary alicyclic amines) is 2. The Labute approximate surface area is 192 Å². The molecule has 2 aromatic rings. The minimum atomic E-state index is 0.550. The molecule has 1 aromatic heterocycles. The van der Waals surface area contributed by atoms with Gasteiger partial charge in [-0.3, -0.25) is 14.6 Å². The number of hydrogen-bond acceptors (Lipinski definition) is 4. The number of ether oxygens (including phenoxy) is 1. The molecule has 2 aliphatic heterocycles. The van der Waals surface area contributed by atoms with E-state index in [4.69, 9.17) is 9.73 Å². The number of rotatable bonds is 7. The Morgan fingerprint density at radius 2 is 1.94 bits per heavy atom. The van der Waals surface area contributed by atoms with Gasteiger partial charge in [0.25, 0.3) is 0 Å². The first-order valence-corrected chi connectivity index (χ1v) is 12.0. The summed E-state index contributed by atoms with van der Waals surface area (Å²) in [6, 6.07) is 8.45. The average Bonchev–Trinajstić information content (AvgIpc) is 3.47. The molecule has 2 aliphatic rings. The van der Waals surface area contributed by atoms with E-state index in [0.29, 0.717) is 11.8 Å². The van der Waals surface area contributed by atoms with E-state index in [0.717, 1.165) is 57.5 Å². The molecule has 7 heteroatoms. The standard InChI is InChI=1S/C25H38N6O/c1-4-26-25(31-14-11-22(19-31)23-16-28-29(2)18-23)27-15-20-9-12-30(13-10-20)17-21-5-7-24(32-3)8-6-21/h5-8,16,18,20,22H,4,9-15,17,19H2,1-3H3,(H,26,27). The van der Waals surface area contributed by atoms with Crippen LogP contribution in [0, 0.1) is 5.92 Å². The van der Waals surface area contributed by atoms with Gasteiger partial charge in [-0.15, -0.1) is 0 Å². The van der Waals surface area contributed by atoms with Gasteiger partial charge in [0.1, 0.15) is 5.75 Å². The number of piperidine rings is 1. The van der Waals surface area contributed by atoms with Crippen molar-refractivity contribution < 1.29 is 4.74 Å². The minimum Gasteiger partial charge on any atom is -0.497 e. The third-order valence-electron chi connectivity index (χ3n) is 6.79. The van der Waals surface area contributed by atoms with Gasteiger partial charge in [0.2, 0.25) is 0 Å². The molecule has 0 radical (unpaired) electrons. The van der Waals surface area contributed by atoms with Crippen molar-refractivity contribution in [2.24, 2.45) is 18.0 Å². The minimum absolute atomic E-state index is 0.550. The van der Waals surface area contributed by atoms with Crippen LogP contribution in [0.25, 0.3) is 0 Å². The lowest BCUT2D eigenvalue weighted by molar-refractivity contribution is 0.180. The average molecular weight is 439 g/mol. The molecule has 0 spiro atoms. The zero-order valence-corrected chi connectivity index (χ0v) is 19.8. The van der Waals surface area contributed by atoms with E-state index in [9.17, 15) is 0 Å². The lowest BCUT2D eigenvalue weighted by Crippen LogP contribution is -2.40. The van der Waals surface area contributed by atoms with E-state index in [1.54, 1.807) is 7.11 Å². The Hall–Kier alpha value is -2.54. The normalized spacial score (nSPS) is 20.7. The van der Waals surface area contributed by atoms with Crippen molar-refractivity contribution in [1.29, 1.82) is 0 Å². The fourth-order valence-corrected chi connectivity index (χ4v) is 4.83. The van der Waals surface area contributed by atoms with Crippen molar-refractivity contribution in [2.45, 2.75) is 38.6 Å². The number of aromatic nitrogens is 2. The van der Waals surface area contributed by atoms with Gasteiger partial charge in [0, 0.05) is 51.9 Å². The number of nitrogens with zero attached hydrogens (tertiary/aromatic N) is 5. The van der Waals surface area contributed by atoms with Crippen LogP contribution in [0.4, 0.5) is 0 Å². The van der Waals surface area contributed by atoms with Gasteiger partial charge < -0.3 is 15.0 Å². The maximum absolute atomic E-state index is 5.26. The molecular formula is C25H38N6O. The monoisotopic (exact) mass is 438 g/mol. The third kappa shape index (κ3) is 5.82. The molecule has 0 saturated carbocycles. The molecule has 7 nitrogen and oxygen atoms in total. The molecule has 2 fully saturated rings. The number of guanidine groups is 1. The zero-order chi connectivity index (χ0) is 22.3. The smallest absolute Gasteiger partial charge is 0.193 e. The summed E-state index contributed by atoms with van der Waals surface area (Å²) < 4.78 is 7.17. The number of methoxy groups -OCH3 is 1. The number of aryl methyl sites for hydroxylation is 1. The first-order chi connectivity index (χ1) is 15.6. The van der Waals surface area contributed by atoms with Crippen LogP contribution in [0.3, 0.4) is 0 Å². The van der Waals surface area contributed by atoms with Crippen LogP contribution in [0.2, 0.25) is 0 Å². The van der Waals surface area contributed by atoms with E-state index in [-0.39, 0.29) is 0 Å². The summed E-state index contributed by atoms with van der Waals surface area (Å²) in [5, 5.41) is 7.87. The molecule has 0 bridgehead atoms. The molecule has 4 rings (SSSR count). The second-order valence-corrected chi connectivity index (χ2v) is 9.14. The quantitative estimate of drug-likeness (QED) is 0.532. The first kappa shape index (κ1) is 22.6. The van der Waals surface area contributed by atoms with Crippen LogP contribution in [0.15, 0.2) is 41.7 Å². The summed E-state index contributed by atoms with van der Waals surface area (Å²) in [7, 11) is 3.70. The highest BCUT2D eigenvalue weighted by atomic mass is 16.5. The largest absolute Gasteiger partial charge is 0.497 e. The Balaban J connectivity index is 1.26. The molecular weight excluding hydrogens is 400 g/mol. The van der Waals surface area contributed by atoms with Crippen LogP contribution in [-0.2, 0) is 13.6 Å². The third-order valence-corrected chi connectivity index (χ3v) is 6.79. The first-order valence-electron chi connectivity index (χ1n) is 12.0. The van der Waals surface area contributed by atoms with E-state index in [2.05, 4.69) is 57.6 Å². The molecule has 3 heterocycles. The SMILES string of the molecule is CCNC(=NCC1CCN(Cc2ccc(OC)cc2)CC1)N1CCC(c2cnn(C)c2)C1. The second kappa shape index (κ2) is 10.9. The molecule has 1 N–H and O–H groups in total. The number of aliphatic imine (C=N–C) groups is 1. The van der Waals surface area contributed by atoms with Crippen molar-refractivity contribution >= 4 is 5.96 Å². The number of hydrogen-bond donors (Lipinski definition) is 1. The molecule has 0 aliphatic carbocycles. The second-order valence-electron chi connectivity index (χ2n) is 9.14. The number of nitrogens with one attached hydrogen (secondary N) is 1. The van der Waals surface area contributed by atoms with E-state index >= 15 is 0 Å². The van der Waals surface area contributed by atoms with Gasteiger partial charge in [-0.1, -0.05) is 12.1 Å². The van der Waals surface area contributed by atoms with Crippen LogP contribution in [0.1, 0.15) is 43.2 Å². The van der Waals surface area contributed by atoms with Crippen molar-refractivity contribution in [2.75, 3.05) is 46.4 Å². The van der Waals surface area contributed by atoms with Crippen LogP contribution in [0.5, 0.6) is 5.75 Å². The fourth-order valence-electron chi connectivity index (χ4n) is 4.83. The molecule has 32 heavy (non-hydrogen) atoms. The van der Waals surface area contributed by atoms with Crippen LogP contribution < -0.4 is 10.1 Å². The van der Waals surface area contributed by atoms with Crippen molar-refractivity contribution in [3.05, 3.63) is 47.8 Å². The topological polar surface area (TPSA) is 57.9 Å². The van der Waals surface area contributed by atoms with Gasteiger partial charge in [0.05, 0.1) is 13.3 Å². The summed E-state index contributed by atoms with van der Waals surface area (Å²) in [5.74, 6) is 3.23. The van der Waals surface area contributed by atoms with Crippen molar-refractivity contribution in [3.63, 3.8) is 0 Å². The highest BCUT2D eigenvalue weighted by Crippen LogP contribution is 2.27. The predicted octanol–water partition coefficient (Wildman–Crippen LogP) is 3.10. The number of benzene rings is 1. The van der Waals surface area contributed by atoms with Crippen LogP contribution in [-0.4, -0.2) is 71.9 Å². The predicted molar refractivity (Wildman–Crippen MR) is 129 cm³/mol. The Morgan fingerprint density at radius 1 is 1.16 bits per heavy atom. The van der Waals surface area contributed by atoms with Gasteiger partial charge in [-0.25, -0.2) is 0 Å². The van der Waals surface area contributed by atoms with Gasteiger partial charge >= 0.3 is 0 Å². The lowest BCUT2D eigenvalue weighted by Gasteiger charge is -2.31. The molecule has 0 amide bonds. The summed E-state index contributed by atoms with van der Waals surface area (Å²) in [6.07, 6.45) is 7.77. The van der Waals surface area contributed by atoms with E-state index in [1.165, 1.54) is 30.4 Å². The molecule has 1 atom stereocenters. The Morgan fingerprint density at radius 3 is 2.59 bits per heavy atom. The van der Waals surface area contributed by atoms with E-state index in [1.807, 2.05) is 17.9 Å². The van der Waals surface area contributed by atoms with Gasteiger partial charge in [-0.05, 0) is 68.5 Å². The lowest BCUT2D eigenvalue weighted by atomic mass is 9.96. The summed E-state index contributed by atoms with van der Waals surface area (Å²) in [6.45, 7) is 9.39. The molecule has 1 aromatic carbocycles. The van der Waals surface area contributed by atoms with Crippen LogP contribution >= 0.6 is 0 Å². The summed E-state index contributed by atoms with van der Waals surface area (Å²) in [5.41, 5.74) is 2.70. The summed E-state index contributed by atoms with van der Waals surface area (Å²) in [4.78, 5) is 10.1. The van der Waals surface area contributed by atoms with Gasteiger partial charge in [0.15, 0.2) is 5.96 Å².